The number of hydrogen-bond acceptors (Lipinski definition) is 2. The Hall–Kier alpha value is -3.66. The van der Waals surface area contributed by atoms with Crippen LogP contribution in [0.2, 0.25) is 0 Å². The highest BCUT2D eigenvalue weighted by atomic mass is 32.1. The van der Waals surface area contributed by atoms with Crippen LogP contribution in [0.5, 0.6) is 0 Å². The number of para-hydroxylation sites is 2. The van der Waals surface area contributed by atoms with Crippen LogP contribution in [0.15, 0.2) is 103 Å². The van der Waals surface area contributed by atoms with Crippen LogP contribution in [0, 0.1) is 0 Å². The lowest BCUT2D eigenvalue weighted by molar-refractivity contribution is 1.20. The Labute approximate surface area is 197 Å². The summed E-state index contributed by atoms with van der Waals surface area (Å²) in [6.07, 6.45) is 0. The van der Waals surface area contributed by atoms with Gasteiger partial charge in [-0.15, -0.1) is 22.7 Å². The standard InChI is InChI=1S/C30H17NS2/c1-4-11-22-18(8-1)19-9-2-5-12-23(19)31(22)24-13-7-15-26-28(24)29-27(32-26)17-16-21-20-10-3-6-14-25(20)33-30(21)29/h1-17H. The molecule has 154 valence electrons. The van der Waals surface area contributed by atoms with Crippen molar-refractivity contribution in [3.05, 3.63) is 103 Å². The van der Waals surface area contributed by atoms with Crippen molar-refractivity contribution in [3.63, 3.8) is 0 Å². The third-order valence-corrected chi connectivity index (χ3v) is 9.13. The highest BCUT2D eigenvalue weighted by Crippen LogP contribution is 2.47. The number of fused-ring (bicyclic) bond motifs is 10. The molecule has 3 aromatic heterocycles. The zero-order valence-corrected chi connectivity index (χ0v) is 19.2. The number of rotatable bonds is 1. The predicted octanol–water partition coefficient (Wildman–Crippen LogP) is 9.52. The van der Waals surface area contributed by atoms with E-state index in [4.69, 9.17) is 0 Å². The average Bonchev–Trinajstić information content (AvgIpc) is 3.53. The molecule has 8 aromatic rings. The van der Waals surface area contributed by atoms with Gasteiger partial charge >= 0.3 is 0 Å². The fourth-order valence-electron chi connectivity index (χ4n) is 5.44. The minimum atomic E-state index is 1.26. The molecule has 0 atom stereocenters. The molecule has 1 nitrogen and oxygen atoms in total. The molecular weight excluding hydrogens is 438 g/mol. The number of benzene rings is 5. The maximum absolute atomic E-state index is 2.46. The van der Waals surface area contributed by atoms with Gasteiger partial charge in [-0.1, -0.05) is 66.7 Å². The predicted molar refractivity (Wildman–Crippen MR) is 147 cm³/mol. The Kier molecular flexibility index (Phi) is 3.48. The lowest BCUT2D eigenvalue weighted by atomic mass is 10.1. The molecule has 5 aromatic carbocycles. The number of hydrogen-bond donors (Lipinski definition) is 0. The fourth-order valence-corrected chi connectivity index (χ4v) is 7.89. The van der Waals surface area contributed by atoms with E-state index in [0.717, 1.165) is 0 Å². The average molecular weight is 456 g/mol. The smallest absolute Gasteiger partial charge is 0.0555 e. The summed E-state index contributed by atoms with van der Waals surface area (Å²) in [5, 5.41) is 8.08. The Balaban J connectivity index is 1.62. The molecule has 0 radical (unpaired) electrons. The van der Waals surface area contributed by atoms with Crippen LogP contribution in [-0.4, -0.2) is 4.57 Å². The molecule has 0 aliphatic carbocycles. The van der Waals surface area contributed by atoms with E-state index in [2.05, 4.69) is 108 Å². The van der Waals surface area contributed by atoms with Crippen molar-refractivity contribution in [2.45, 2.75) is 0 Å². The SMILES string of the molecule is c1ccc2c(c1)sc1c2ccc2sc3cccc(-n4c5ccccc5c5ccccc54)c3c21. The normalized spacial score (nSPS) is 12.2. The van der Waals surface area contributed by atoms with Gasteiger partial charge in [-0.3, -0.25) is 0 Å². The van der Waals surface area contributed by atoms with Gasteiger partial charge in [-0.25, -0.2) is 0 Å². The molecular formula is C30H17NS2. The summed E-state index contributed by atoms with van der Waals surface area (Å²) in [7, 11) is 0. The van der Waals surface area contributed by atoms with E-state index in [1.807, 2.05) is 22.7 Å². The molecule has 0 fully saturated rings. The van der Waals surface area contributed by atoms with Crippen LogP contribution in [0.3, 0.4) is 0 Å². The number of aromatic nitrogens is 1. The van der Waals surface area contributed by atoms with E-state index < -0.39 is 0 Å². The molecule has 0 aliphatic rings. The van der Waals surface area contributed by atoms with E-state index in [1.165, 1.54) is 67.8 Å². The van der Waals surface area contributed by atoms with E-state index in [9.17, 15) is 0 Å². The molecule has 3 heterocycles. The summed E-state index contributed by atoms with van der Waals surface area (Å²) >= 11 is 3.82. The minimum absolute atomic E-state index is 1.26. The first-order chi connectivity index (χ1) is 16.4. The second kappa shape index (κ2) is 6.44. The molecule has 0 bridgehead atoms. The zero-order valence-electron chi connectivity index (χ0n) is 17.6. The third kappa shape index (κ3) is 2.31. The van der Waals surface area contributed by atoms with Crippen molar-refractivity contribution in [2.24, 2.45) is 0 Å². The maximum atomic E-state index is 2.46. The molecule has 0 saturated carbocycles. The Morgan fingerprint density at radius 2 is 1.06 bits per heavy atom. The Bertz CT molecular complexity index is 1980. The molecule has 33 heavy (non-hydrogen) atoms. The lowest BCUT2D eigenvalue weighted by Gasteiger charge is -2.10. The van der Waals surface area contributed by atoms with Crippen molar-refractivity contribution < 1.29 is 0 Å². The van der Waals surface area contributed by atoms with Gasteiger partial charge in [0.15, 0.2) is 0 Å². The quantitative estimate of drug-likeness (QED) is 0.232. The van der Waals surface area contributed by atoms with Crippen molar-refractivity contribution >= 4 is 84.8 Å². The van der Waals surface area contributed by atoms with Gasteiger partial charge in [0, 0.05) is 51.1 Å². The molecule has 0 saturated heterocycles. The first-order valence-electron chi connectivity index (χ1n) is 11.1. The molecule has 0 aliphatic heterocycles. The largest absolute Gasteiger partial charge is 0.309 e. The number of nitrogens with zero attached hydrogens (tertiary/aromatic N) is 1. The second-order valence-electron chi connectivity index (χ2n) is 8.54. The van der Waals surface area contributed by atoms with Gasteiger partial charge in [0.05, 0.1) is 16.7 Å². The van der Waals surface area contributed by atoms with E-state index in [1.54, 1.807) is 0 Å². The van der Waals surface area contributed by atoms with Crippen LogP contribution in [0.25, 0.3) is 67.8 Å². The maximum Gasteiger partial charge on any atom is 0.0555 e. The summed E-state index contributed by atoms with van der Waals surface area (Å²) < 4.78 is 7.92. The highest BCUT2D eigenvalue weighted by Gasteiger charge is 2.19. The van der Waals surface area contributed by atoms with Gasteiger partial charge in [-0.2, -0.15) is 0 Å². The molecule has 8 rings (SSSR count). The van der Waals surface area contributed by atoms with Gasteiger partial charge in [0.2, 0.25) is 0 Å². The summed E-state index contributed by atoms with van der Waals surface area (Å²) in [6, 6.07) is 37.7. The summed E-state index contributed by atoms with van der Waals surface area (Å²) in [6.45, 7) is 0. The van der Waals surface area contributed by atoms with Gasteiger partial charge in [0.1, 0.15) is 0 Å². The molecule has 0 spiro atoms. The van der Waals surface area contributed by atoms with E-state index in [0.29, 0.717) is 0 Å². The third-order valence-electron chi connectivity index (χ3n) is 6.80. The molecule has 0 unspecified atom stereocenters. The van der Waals surface area contributed by atoms with Crippen molar-refractivity contribution in [1.82, 2.24) is 4.57 Å². The molecule has 0 amide bonds. The lowest BCUT2D eigenvalue weighted by Crippen LogP contribution is -1.94. The monoisotopic (exact) mass is 455 g/mol. The van der Waals surface area contributed by atoms with Crippen LogP contribution in [0.1, 0.15) is 0 Å². The van der Waals surface area contributed by atoms with Gasteiger partial charge in [0.25, 0.3) is 0 Å². The Morgan fingerprint density at radius 1 is 0.424 bits per heavy atom. The highest BCUT2D eigenvalue weighted by molar-refractivity contribution is 7.29. The minimum Gasteiger partial charge on any atom is -0.309 e. The second-order valence-corrected chi connectivity index (χ2v) is 10.7. The summed E-state index contributed by atoms with van der Waals surface area (Å²) in [4.78, 5) is 0. The van der Waals surface area contributed by atoms with Gasteiger partial charge in [-0.05, 0) is 36.4 Å². The van der Waals surface area contributed by atoms with Crippen LogP contribution in [0.4, 0.5) is 0 Å². The molecule has 3 heteroatoms. The summed E-state index contributed by atoms with van der Waals surface area (Å²) in [5.41, 5.74) is 3.78. The van der Waals surface area contributed by atoms with Gasteiger partial charge < -0.3 is 4.57 Å². The van der Waals surface area contributed by atoms with E-state index >= 15 is 0 Å². The fraction of sp³-hybridized carbons (Fsp3) is 0. The van der Waals surface area contributed by atoms with Crippen LogP contribution >= 0.6 is 22.7 Å². The first-order valence-corrected chi connectivity index (χ1v) is 12.8. The summed E-state index contributed by atoms with van der Waals surface area (Å²) in [5.74, 6) is 0. The van der Waals surface area contributed by atoms with Crippen molar-refractivity contribution in [3.8, 4) is 5.69 Å². The van der Waals surface area contributed by atoms with Crippen LogP contribution < -0.4 is 0 Å². The van der Waals surface area contributed by atoms with Crippen LogP contribution in [-0.2, 0) is 0 Å². The van der Waals surface area contributed by atoms with Crippen molar-refractivity contribution in [2.75, 3.05) is 0 Å². The zero-order chi connectivity index (χ0) is 21.5. The number of thiophene rings is 2. The van der Waals surface area contributed by atoms with E-state index in [-0.39, 0.29) is 0 Å². The first kappa shape index (κ1) is 17.8. The molecule has 0 N–H and O–H groups in total. The Morgan fingerprint density at radius 3 is 1.85 bits per heavy atom. The van der Waals surface area contributed by atoms with Crippen molar-refractivity contribution in [1.29, 1.82) is 0 Å². The topological polar surface area (TPSA) is 4.93 Å².